The van der Waals surface area contributed by atoms with E-state index >= 15 is 0 Å². The summed E-state index contributed by atoms with van der Waals surface area (Å²) in [7, 11) is 1.26. The first-order chi connectivity index (χ1) is 6.93. The molecule has 0 amide bonds. The van der Waals surface area contributed by atoms with Gasteiger partial charge in [-0.2, -0.15) is 0 Å². The van der Waals surface area contributed by atoms with Crippen LogP contribution in [0.3, 0.4) is 0 Å². The minimum Gasteiger partial charge on any atom is -0.378 e. The fraction of sp³-hybridized carbons (Fsp3) is 0.846. The molecule has 0 atom stereocenters. The highest BCUT2D eigenvalue weighted by atomic mass is 28.3. The first-order valence-electron chi connectivity index (χ1n) is 6.31. The molecule has 0 heterocycles. The third-order valence-corrected chi connectivity index (χ3v) is 6.20. The predicted octanol–water partition coefficient (Wildman–Crippen LogP) is 4.35. The molecule has 0 aliphatic rings. The van der Waals surface area contributed by atoms with Crippen molar-refractivity contribution >= 4 is 8.07 Å². The Morgan fingerprint density at radius 1 is 1.20 bits per heavy atom. The van der Waals surface area contributed by atoms with Crippen LogP contribution in [0.4, 0.5) is 0 Å². The molecule has 0 unspecified atom stereocenters. The Labute approximate surface area is 97.6 Å². The number of allylic oxidation sites excluding steroid dienone is 2. The van der Waals surface area contributed by atoms with Gasteiger partial charge in [-0.25, -0.2) is 0 Å². The maximum atomic E-state index is 2.50. The summed E-state index contributed by atoms with van der Waals surface area (Å²) in [6, 6.07) is 2.79. The zero-order valence-corrected chi connectivity index (χ0v) is 12.6. The van der Waals surface area contributed by atoms with Crippen molar-refractivity contribution < 1.29 is 0 Å². The average Bonchev–Trinajstić information content (AvgIpc) is 2.14. The van der Waals surface area contributed by atoms with Crippen LogP contribution in [0, 0.1) is 0 Å². The second-order valence-corrected chi connectivity index (χ2v) is 10.6. The molecule has 0 spiro atoms. The van der Waals surface area contributed by atoms with Gasteiger partial charge in [-0.15, -0.1) is 0 Å². The third-order valence-electron chi connectivity index (χ3n) is 3.04. The van der Waals surface area contributed by atoms with Crippen LogP contribution >= 0.6 is 0 Å². The summed E-state index contributed by atoms with van der Waals surface area (Å²) < 4.78 is 0. The van der Waals surface area contributed by atoms with E-state index in [4.69, 9.17) is 0 Å². The molecule has 2 heteroatoms. The van der Waals surface area contributed by atoms with E-state index in [-0.39, 0.29) is 0 Å². The quantitative estimate of drug-likeness (QED) is 0.585. The van der Waals surface area contributed by atoms with Crippen molar-refractivity contribution in [2.24, 2.45) is 0 Å². The Bertz CT molecular complexity index is 197. The Balaban J connectivity index is 4.13. The van der Waals surface area contributed by atoms with Gasteiger partial charge in [0.25, 0.3) is 0 Å². The van der Waals surface area contributed by atoms with E-state index in [1.165, 1.54) is 37.2 Å². The van der Waals surface area contributed by atoms with Gasteiger partial charge in [-0.1, -0.05) is 45.5 Å². The van der Waals surface area contributed by atoms with Gasteiger partial charge < -0.3 is 4.90 Å². The minimum atomic E-state index is -0.938. The van der Waals surface area contributed by atoms with E-state index in [9.17, 15) is 0 Å². The zero-order valence-electron chi connectivity index (χ0n) is 11.6. The van der Waals surface area contributed by atoms with Crippen LogP contribution in [-0.2, 0) is 0 Å². The SMILES string of the molecule is CCCN(C)/C(C)=C\C[Si](C)(C)CCC. The van der Waals surface area contributed by atoms with E-state index in [1.807, 2.05) is 0 Å². The summed E-state index contributed by atoms with van der Waals surface area (Å²) in [5.41, 5.74) is 1.45. The fourth-order valence-electron chi connectivity index (χ4n) is 1.87. The molecule has 0 N–H and O–H groups in total. The lowest BCUT2D eigenvalue weighted by Crippen LogP contribution is -2.24. The van der Waals surface area contributed by atoms with Crippen LogP contribution in [0.1, 0.15) is 33.6 Å². The van der Waals surface area contributed by atoms with Crippen LogP contribution in [-0.4, -0.2) is 26.6 Å². The van der Waals surface area contributed by atoms with Crippen molar-refractivity contribution in [1.82, 2.24) is 4.90 Å². The number of nitrogens with zero attached hydrogens (tertiary/aromatic N) is 1. The van der Waals surface area contributed by atoms with Gasteiger partial charge >= 0.3 is 0 Å². The van der Waals surface area contributed by atoms with Gasteiger partial charge in [-0.05, 0) is 19.4 Å². The maximum Gasteiger partial charge on any atom is 0.0511 e. The van der Waals surface area contributed by atoms with Gasteiger partial charge in [0.2, 0.25) is 0 Å². The smallest absolute Gasteiger partial charge is 0.0511 e. The lowest BCUT2D eigenvalue weighted by atomic mass is 10.3. The highest BCUT2D eigenvalue weighted by Gasteiger charge is 2.17. The topological polar surface area (TPSA) is 3.24 Å². The molecule has 0 fully saturated rings. The fourth-order valence-corrected chi connectivity index (χ4v) is 4.28. The molecule has 0 aromatic carbocycles. The van der Waals surface area contributed by atoms with Crippen molar-refractivity contribution in [2.75, 3.05) is 13.6 Å². The van der Waals surface area contributed by atoms with Crippen molar-refractivity contribution in [2.45, 2.75) is 58.8 Å². The normalized spacial score (nSPS) is 13.1. The zero-order chi connectivity index (χ0) is 11.9. The second-order valence-electron chi connectivity index (χ2n) is 5.39. The lowest BCUT2D eigenvalue weighted by Gasteiger charge is -2.23. The first kappa shape index (κ1) is 14.8. The lowest BCUT2D eigenvalue weighted by molar-refractivity contribution is 0.417. The molecule has 0 aromatic rings. The van der Waals surface area contributed by atoms with Gasteiger partial charge in [0.1, 0.15) is 0 Å². The molecule has 0 saturated heterocycles. The molecule has 1 nitrogen and oxygen atoms in total. The van der Waals surface area contributed by atoms with Crippen molar-refractivity contribution in [1.29, 1.82) is 0 Å². The number of hydrogen-bond acceptors (Lipinski definition) is 1. The van der Waals surface area contributed by atoms with Gasteiger partial charge in [0, 0.05) is 19.3 Å². The Hall–Kier alpha value is -0.243. The summed E-state index contributed by atoms with van der Waals surface area (Å²) in [5, 5.41) is 0. The molecule has 0 radical (unpaired) electrons. The van der Waals surface area contributed by atoms with E-state index in [2.05, 4.69) is 51.9 Å². The summed E-state index contributed by atoms with van der Waals surface area (Å²) >= 11 is 0. The summed E-state index contributed by atoms with van der Waals surface area (Å²) in [5.74, 6) is 0. The summed E-state index contributed by atoms with van der Waals surface area (Å²) in [6.07, 6.45) is 5.03. The van der Waals surface area contributed by atoms with Crippen LogP contribution < -0.4 is 0 Å². The minimum absolute atomic E-state index is 0.938. The van der Waals surface area contributed by atoms with Crippen molar-refractivity contribution in [3.8, 4) is 0 Å². The molecule has 0 aliphatic heterocycles. The molecule has 15 heavy (non-hydrogen) atoms. The highest BCUT2D eigenvalue weighted by Crippen LogP contribution is 2.19. The summed E-state index contributed by atoms with van der Waals surface area (Å²) in [6.45, 7) is 13.0. The molecule has 0 aromatic heterocycles. The molecule has 0 saturated carbocycles. The predicted molar refractivity (Wildman–Crippen MR) is 74.1 cm³/mol. The Morgan fingerprint density at radius 2 is 1.80 bits per heavy atom. The van der Waals surface area contributed by atoms with Gasteiger partial charge in [0.05, 0.1) is 8.07 Å². The standard InChI is InChI=1S/C13H29NSi/c1-7-10-14(4)13(3)9-12-15(5,6)11-8-2/h9H,7-8,10-12H2,1-6H3/b13-9-. The van der Waals surface area contributed by atoms with Gasteiger partial charge in [0.15, 0.2) is 0 Å². The number of hydrogen-bond donors (Lipinski definition) is 0. The monoisotopic (exact) mass is 227 g/mol. The third kappa shape index (κ3) is 6.77. The molecular weight excluding hydrogens is 198 g/mol. The largest absolute Gasteiger partial charge is 0.378 e. The highest BCUT2D eigenvalue weighted by molar-refractivity contribution is 6.77. The average molecular weight is 227 g/mol. The van der Waals surface area contributed by atoms with Crippen molar-refractivity contribution in [3.05, 3.63) is 11.8 Å². The van der Waals surface area contributed by atoms with Crippen LogP contribution in [0.5, 0.6) is 0 Å². The van der Waals surface area contributed by atoms with E-state index < -0.39 is 8.07 Å². The summed E-state index contributed by atoms with van der Waals surface area (Å²) in [4.78, 5) is 2.37. The van der Waals surface area contributed by atoms with Crippen molar-refractivity contribution in [3.63, 3.8) is 0 Å². The van der Waals surface area contributed by atoms with Crippen LogP contribution in [0.25, 0.3) is 0 Å². The molecule has 0 bridgehead atoms. The van der Waals surface area contributed by atoms with Crippen LogP contribution in [0.15, 0.2) is 11.8 Å². The maximum absolute atomic E-state index is 2.50. The second kappa shape index (κ2) is 7.10. The first-order valence-corrected chi connectivity index (χ1v) is 9.72. The molecular formula is C13H29NSi. The van der Waals surface area contributed by atoms with Crippen LogP contribution in [0.2, 0.25) is 25.2 Å². The van der Waals surface area contributed by atoms with E-state index in [0.29, 0.717) is 0 Å². The molecule has 0 rings (SSSR count). The van der Waals surface area contributed by atoms with E-state index in [1.54, 1.807) is 0 Å². The van der Waals surface area contributed by atoms with Gasteiger partial charge in [-0.3, -0.25) is 0 Å². The van der Waals surface area contributed by atoms with E-state index in [0.717, 1.165) is 0 Å². The Morgan fingerprint density at radius 3 is 2.27 bits per heavy atom. The molecule has 90 valence electrons. The number of rotatable bonds is 7. The molecule has 0 aliphatic carbocycles. The Kier molecular flexibility index (Phi) is 6.99.